The zero-order valence-electron chi connectivity index (χ0n) is 14.5. The van der Waals surface area contributed by atoms with Crippen LogP contribution < -0.4 is 5.32 Å². The third-order valence-corrected chi connectivity index (χ3v) is 5.17. The molecule has 0 radical (unpaired) electrons. The molecule has 3 aromatic rings. The van der Waals surface area contributed by atoms with Crippen LogP contribution in [0.15, 0.2) is 70.6 Å². The number of hydrogen-bond acceptors (Lipinski definition) is 2. The summed E-state index contributed by atoms with van der Waals surface area (Å²) in [5, 5.41) is 4.22. The van der Waals surface area contributed by atoms with Gasteiger partial charge in [-0.1, -0.05) is 62.0 Å². The zero-order valence-corrected chi connectivity index (χ0v) is 15.3. The van der Waals surface area contributed by atoms with E-state index in [2.05, 4.69) is 47.7 Å². The predicted octanol–water partition coefficient (Wildman–Crippen LogP) is 5.76. The number of hydrogen-bond donors (Lipinski definition) is 2. The Balaban J connectivity index is 0.000000150. The van der Waals surface area contributed by atoms with Crippen LogP contribution in [0.25, 0.3) is 10.9 Å². The van der Waals surface area contributed by atoms with E-state index in [1.54, 1.807) is 0 Å². The lowest BCUT2D eigenvalue weighted by molar-refractivity contribution is -0.112. The Labute approximate surface area is 152 Å². The van der Waals surface area contributed by atoms with Gasteiger partial charge in [0, 0.05) is 22.0 Å². The van der Waals surface area contributed by atoms with Gasteiger partial charge in [0.25, 0.3) is 5.91 Å². The summed E-state index contributed by atoms with van der Waals surface area (Å²) in [6, 6.07) is 16.2. The van der Waals surface area contributed by atoms with Gasteiger partial charge in [-0.2, -0.15) is 0 Å². The van der Waals surface area contributed by atoms with Gasteiger partial charge >= 0.3 is 0 Å². The fourth-order valence-corrected chi connectivity index (χ4v) is 3.76. The first-order valence-corrected chi connectivity index (χ1v) is 9.38. The highest BCUT2D eigenvalue weighted by molar-refractivity contribution is 8.04. The highest BCUT2D eigenvalue weighted by atomic mass is 32.2. The largest absolute Gasteiger partial charge is 0.361 e. The Morgan fingerprint density at radius 1 is 1.04 bits per heavy atom. The summed E-state index contributed by atoms with van der Waals surface area (Å²) in [7, 11) is 0. The number of thioether (sulfide) groups is 1. The van der Waals surface area contributed by atoms with Crippen molar-refractivity contribution >= 4 is 34.3 Å². The lowest BCUT2D eigenvalue weighted by Gasteiger charge is -2.17. The molecule has 25 heavy (non-hydrogen) atoms. The lowest BCUT2D eigenvalue weighted by Crippen LogP contribution is -2.17. The molecule has 0 spiro atoms. The van der Waals surface area contributed by atoms with Gasteiger partial charge in [0.2, 0.25) is 0 Å². The van der Waals surface area contributed by atoms with Crippen LogP contribution in [0.4, 0.5) is 5.69 Å². The molecule has 4 heteroatoms. The van der Waals surface area contributed by atoms with E-state index in [4.69, 9.17) is 0 Å². The minimum absolute atomic E-state index is 0.00977. The molecule has 0 atom stereocenters. The monoisotopic (exact) mass is 350 g/mol. The van der Waals surface area contributed by atoms with E-state index >= 15 is 0 Å². The quantitative estimate of drug-likeness (QED) is 0.578. The van der Waals surface area contributed by atoms with E-state index in [0.29, 0.717) is 0 Å². The fraction of sp³-hybridized carbons (Fsp3) is 0.190. The Hall–Kier alpha value is -2.46. The molecule has 1 aliphatic rings. The molecule has 1 amide bonds. The molecule has 0 bridgehead atoms. The standard InChI is InChI=1S/C11H11NOS.C10H11N/c1-2-5-10-11(13)12-8-6-3-4-7-9(8)14-10;1-2-8-7-11-10-6-4-3-5-9(8)10/h3-7H,2H2,1H3,(H,12,13);3-7,11H,2H2,1H3/b10-5+;. The third-order valence-electron chi connectivity index (χ3n) is 4.02. The number of nitrogens with one attached hydrogen (secondary N) is 2. The van der Waals surface area contributed by atoms with Crippen LogP contribution in [0.1, 0.15) is 25.8 Å². The summed E-state index contributed by atoms with van der Waals surface area (Å²) in [5.41, 5.74) is 3.56. The summed E-state index contributed by atoms with van der Waals surface area (Å²) in [4.78, 5) is 16.7. The fourth-order valence-electron chi connectivity index (χ4n) is 2.75. The molecule has 0 saturated carbocycles. The van der Waals surface area contributed by atoms with Crippen LogP contribution in [0, 0.1) is 0 Å². The molecule has 0 fully saturated rings. The minimum Gasteiger partial charge on any atom is -0.361 e. The van der Waals surface area contributed by atoms with Crippen LogP contribution >= 0.6 is 11.8 Å². The molecule has 3 nitrogen and oxygen atoms in total. The maximum atomic E-state index is 11.5. The number of aromatic amines is 1. The lowest BCUT2D eigenvalue weighted by atomic mass is 10.1. The molecular weight excluding hydrogens is 328 g/mol. The van der Waals surface area contributed by atoms with Crippen molar-refractivity contribution in [1.82, 2.24) is 4.98 Å². The second-order valence-corrected chi connectivity index (χ2v) is 6.83. The number of anilines is 1. The average Bonchev–Trinajstić information content (AvgIpc) is 3.06. The zero-order chi connectivity index (χ0) is 17.6. The van der Waals surface area contributed by atoms with Gasteiger partial charge < -0.3 is 10.3 Å². The van der Waals surface area contributed by atoms with Crippen LogP contribution in [-0.4, -0.2) is 10.9 Å². The number of amides is 1. The van der Waals surface area contributed by atoms with Crippen LogP contribution in [-0.2, 0) is 11.2 Å². The number of aryl methyl sites for hydroxylation is 1. The molecule has 1 aromatic heterocycles. The van der Waals surface area contributed by atoms with E-state index in [-0.39, 0.29) is 5.91 Å². The highest BCUT2D eigenvalue weighted by Gasteiger charge is 2.19. The number of H-pyrrole nitrogens is 1. The van der Waals surface area contributed by atoms with Crippen molar-refractivity contribution in [3.63, 3.8) is 0 Å². The number of carbonyl (C=O) groups is 1. The molecule has 0 saturated heterocycles. The molecule has 128 valence electrons. The molecule has 2 heterocycles. The average molecular weight is 350 g/mol. The minimum atomic E-state index is 0.00977. The molecule has 1 aliphatic heterocycles. The van der Waals surface area contributed by atoms with E-state index in [1.807, 2.05) is 37.3 Å². The summed E-state index contributed by atoms with van der Waals surface area (Å²) in [6.45, 7) is 4.21. The van der Waals surface area contributed by atoms with Gasteiger partial charge in [-0.05, 0) is 36.6 Å². The van der Waals surface area contributed by atoms with Crippen LogP contribution in [0.3, 0.4) is 0 Å². The van der Waals surface area contributed by atoms with Gasteiger partial charge in [0.05, 0.1) is 10.6 Å². The first-order valence-electron chi connectivity index (χ1n) is 8.56. The Bertz CT molecular complexity index is 911. The maximum Gasteiger partial charge on any atom is 0.262 e. The van der Waals surface area contributed by atoms with Gasteiger partial charge in [-0.15, -0.1) is 0 Å². The SMILES string of the molecule is CC/C=C1/Sc2ccccc2NC1=O.CCc1c[nH]c2ccccc12. The predicted molar refractivity (Wildman–Crippen MR) is 107 cm³/mol. The summed E-state index contributed by atoms with van der Waals surface area (Å²) in [5.74, 6) is 0.00977. The van der Waals surface area contributed by atoms with Crippen molar-refractivity contribution in [3.8, 4) is 0 Å². The number of fused-ring (bicyclic) bond motifs is 2. The number of para-hydroxylation sites is 2. The van der Waals surface area contributed by atoms with Crippen LogP contribution in [0.2, 0.25) is 0 Å². The van der Waals surface area contributed by atoms with E-state index < -0.39 is 0 Å². The highest BCUT2D eigenvalue weighted by Crippen LogP contribution is 2.37. The second kappa shape index (κ2) is 8.08. The van der Waals surface area contributed by atoms with Crippen molar-refractivity contribution in [1.29, 1.82) is 0 Å². The molecule has 0 aliphatic carbocycles. The van der Waals surface area contributed by atoms with E-state index in [9.17, 15) is 4.79 Å². The van der Waals surface area contributed by atoms with E-state index in [1.165, 1.54) is 28.2 Å². The molecule has 2 N–H and O–H groups in total. The van der Waals surface area contributed by atoms with Gasteiger partial charge in [0.1, 0.15) is 0 Å². The Kier molecular flexibility index (Phi) is 5.61. The first kappa shape index (κ1) is 17.4. The van der Waals surface area contributed by atoms with Crippen molar-refractivity contribution in [2.24, 2.45) is 0 Å². The molecule has 4 rings (SSSR count). The van der Waals surface area contributed by atoms with Crippen molar-refractivity contribution in [2.75, 3.05) is 5.32 Å². The smallest absolute Gasteiger partial charge is 0.262 e. The number of rotatable bonds is 2. The van der Waals surface area contributed by atoms with Crippen molar-refractivity contribution < 1.29 is 4.79 Å². The normalized spacial score (nSPS) is 14.6. The summed E-state index contributed by atoms with van der Waals surface area (Å²) < 4.78 is 0. The maximum absolute atomic E-state index is 11.5. The Morgan fingerprint density at radius 3 is 2.60 bits per heavy atom. The second-order valence-electron chi connectivity index (χ2n) is 5.74. The topological polar surface area (TPSA) is 44.9 Å². The number of aromatic nitrogens is 1. The molecular formula is C21H22N2OS. The van der Waals surface area contributed by atoms with Crippen molar-refractivity contribution in [2.45, 2.75) is 31.6 Å². The summed E-state index contributed by atoms with van der Waals surface area (Å²) >= 11 is 1.54. The molecule has 2 aromatic carbocycles. The molecule has 0 unspecified atom stereocenters. The summed E-state index contributed by atoms with van der Waals surface area (Å²) in [6.07, 6.45) is 6.03. The van der Waals surface area contributed by atoms with Gasteiger partial charge in [0.15, 0.2) is 0 Å². The van der Waals surface area contributed by atoms with Gasteiger partial charge in [-0.3, -0.25) is 4.79 Å². The first-order chi connectivity index (χ1) is 12.2. The number of benzene rings is 2. The van der Waals surface area contributed by atoms with Crippen LogP contribution in [0.5, 0.6) is 0 Å². The number of carbonyl (C=O) groups excluding carboxylic acids is 1. The third kappa shape index (κ3) is 3.97. The van der Waals surface area contributed by atoms with Crippen molar-refractivity contribution in [3.05, 3.63) is 71.3 Å². The van der Waals surface area contributed by atoms with E-state index in [0.717, 1.165) is 28.3 Å². The Morgan fingerprint density at radius 2 is 1.80 bits per heavy atom. The number of allylic oxidation sites excluding steroid dienone is 1. The van der Waals surface area contributed by atoms with Gasteiger partial charge in [-0.25, -0.2) is 0 Å².